The van der Waals surface area contributed by atoms with Gasteiger partial charge in [-0.1, -0.05) is 25.1 Å². The molecular formula is C29H36ClN5O5S. The molecule has 10 nitrogen and oxygen atoms in total. The lowest BCUT2D eigenvalue weighted by Crippen LogP contribution is -2.34. The highest BCUT2D eigenvalue weighted by molar-refractivity contribution is 7.90. The molecule has 0 aliphatic carbocycles. The quantitative estimate of drug-likeness (QED) is 0.325. The number of hydrogen-bond acceptors (Lipinski definition) is 7. The summed E-state index contributed by atoms with van der Waals surface area (Å²) in [6.45, 7) is 8.40. The van der Waals surface area contributed by atoms with Crippen LogP contribution in [0.25, 0.3) is 11.0 Å². The maximum Gasteiger partial charge on any atom is 0.258 e. The Balaban J connectivity index is 1.76. The number of nitrogens with one attached hydrogen (secondary N) is 1. The molecule has 1 aliphatic heterocycles. The maximum atomic E-state index is 13.3. The summed E-state index contributed by atoms with van der Waals surface area (Å²) in [7, 11) is -3.13. The number of hydrogen-bond donors (Lipinski definition) is 1. The van der Waals surface area contributed by atoms with Crippen LogP contribution in [0.5, 0.6) is 5.75 Å². The van der Waals surface area contributed by atoms with Crippen molar-refractivity contribution in [2.75, 3.05) is 30.4 Å². The van der Waals surface area contributed by atoms with E-state index < -0.39 is 9.84 Å². The van der Waals surface area contributed by atoms with E-state index in [9.17, 15) is 18.0 Å². The summed E-state index contributed by atoms with van der Waals surface area (Å²) in [4.78, 5) is 36.5. The first-order valence-corrected chi connectivity index (χ1v) is 16.1. The average Bonchev–Trinajstić information content (AvgIpc) is 3.10. The molecule has 1 fully saturated rings. The molecule has 220 valence electrons. The molecule has 1 aliphatic rings. The number of rotatable bonds is 10. The standard InChI is InChI=1S/C29H36ClN5O5S/c1-5-22(11-14-41(4,38)39)40-23-16-24(30)27-25(17-23)32-29(33-28(37)20-10-12-31-19(3)15-20)35(27)21-9-7-8-13-34(18-21)26(36)6-2/h6,10,12,15-17,21-22H,2,5,7-9,11,13-14,18H2,1,3-4H3,(H,32,33,37)/t21-,22-/m1/s1. The molecule has 1 aromatic carbocycles. The molecular weight excluding hydrogens is 566 g/mol. The Labute approximate surface area is 245 Å². The molecule has 1 N–H and O–H groups in total. The molecule has 0 bridgehead atoms. The fourth-order valence-corrected chi connectivity index (χ4v) is 6.06. The smallest absolute Gasteiger partial charge is 0.258 e. The van der Waals surface area contributed by atoms with Crippen LogP contribution in [-0.2, 0) is 14.6 Å². The van der Waals surface area contributed by atoms with Gasteiger partial charge in [-0.15, -0.1) is 0 Å². The Bertz CT molecular complexity index is 1550. The lowest BCUT2D eigenvalue weighted by Gasteiger charge is -2.26. The number of fused-ring (bicyclic) bond motifs is 1. The molecule has 0 radical (unpaired) electrons. The molecule has 2 aromatic heterocycles. The number of anilines is 1. The Kier molecular flexibility index (Phi) is 9.70. The van der Waals surface area contributed by atoms with Gasteiger partial charge in [-0.2, -0.15) is 0 Å². The Morgan fingerprint density at radius 2 is 2.07 bits per heavy atom. The SMILES string of the molecule is C=CC(=O)N1CCCC[C@@H](n2c(NC(=O)c3ccnc(C)c3)nc3cc(O[C@H](CC)CCS(C)(=O)=O)cc(Cl)c32)C1. The summed E-state index contributed by atoms with van der Waals surface area (Å²) in [5.41, 5.74) is 2.27. The first-order valence-electron chi connectivity index (χ1n) is 13.7. The topological polar surface area (TPSA) is 123 Å². The number of benzene rings is 1. The monoisotopic (exact) mass is 601 g/mol. The molecule has 3 aromatic rings. The highest BCUT2D eigenvalue weighted by Gasteiger charge is 2.28. The van der Waals surface area contributed by atoms with Gasteiger partial charge in [0.05, 0.1) is 34.0 Å². The van der Waals surface area contributed by atoms with Gasteiger partial charge in [-0.3, -0.25) is 19.9 Å². The van der Waals surface area contributed by atoms with E-state index in [2.05, 4.69) is 16.9 Å². The van der Waals surface area contributed by atoms with Crippen molar-refractivity contribution < 1.29 is 22.7 Å². The van der Waals surface area contributed by atoms with Crippen LogP contribution in [0.1, 0.15) is 61.1 Å². The van der Waals surface area contributed by atoms with Gasteiger partial charge in [0.25, 0.3) is 5.91 Å². The maximum absolute atomic E-state index is 13.3. The summed E-state index contributed by atoms with van der Waals surface area (Å²) < 4.78 is 31.4. The minimum atomic E-state index is -3.13. The molecule has 41 heavy (non-hydrogen) atoms. The van der Waals surface area contributed by atoms with Crippen molar-refractivity contribution in [3.8, 4) is 5.75 Å². The fourth-order valence-electron chi connectivity index (χ4n) is 5.07. The highest BCUT2D eigenvalue weighted by Crippen LogP contribution is 2.37. The van der Waals surface area contributed by atoms with Gasteiger partial charge in [0.2, 0.25) is 11.9 Å². The number of halogens is 1. The first-order chi connectivity index (χ1) is 19.5. The zero-order chi connectivity index (χ0) is 29.7. The highest BCUT2D eigenvalue weighted by atomic mass is 35.5. The van der Waals surface area contributed by atoms with Gasteiger partial charge in [-0.25, -0.2) is 13.4 Å². The van der Waals surface area contributed by atoms with E-state index in [1.54, 1.807) is 35.4 Å². The molecule has 12 heteroatoms. The second kappa shape index (κ2) is 13.0. The molecule has 0 spiro atoms. The Hall–Kier alpha value is -3.44. The van der Waals surface area contributed by atoms with Gasteiger partial charge >= 0.3 is 0 Å². The van der Waals surface area contributed by atoms with E-state index in [4.69, 9.17) is 21.3 Å². The lowest BCUT2D eigenvalue weighted by molar-refractivity contribution is -0.126. The van der Waals surface area contributed by atoms with Gasteiger partial charge in [0.15, 0.2) is 0 Å². The zero-order valence-corrected chi connectivity index (χ0v) is 25.2. The summed E-state index contributed by atoms with van der Waals surface area (Å²) in [5.74, 6) is 0.280. The van der Waals surface area contributed by atoms with Crippen molar-refractivity contribution in [3.63, 3.8) is 0 Å². The van der Waals surface area contributed by atoms with E-state index in [1.807, 2.05) is 18.4 Å². The van der Waals surface area contributed by atoms with Gasteiger partial charge in [0, 0.05) is 48.9 Å². The van der Waals surface area contributed by atoms with Crippen LogP contribution >= 0.6 is 11.6 Å². The molecule has 3 heterocycles. The van der Waals surface area contributed by atoms with E-state index in [1.165, 1.54) is 12.3 Å². The third-order valence-corrected chi connectivity index (χ3v) is 8.43. The predicted molar refractivity (Wildman–Crippen MR) is 160 cm³/mol. The molecule has 2 amide bonds. The number of ether oxygens (including phenoxy) is 1. The predicted octanol–water partition coefficient (Wildman–Crippen LogP) is 4.98. The number of carbonyl (C=O) groups excluding carboxylic acids is 2. The van der Waals surface area contributed by atoms with Crippen molar-refractivity contribution in [2.45, 2.75) is 58.1 Å². The number of pyridine rings is 1. The normalized spacial score (nSPS) is 16.7. The van der Waals surface area contributed by atoms with Crippen molar-refractivity contribution in [1.82, 2.24) is 19.4 Å². The zero-order valence-electron chi connectivity index (χ0n) is 23.6. The number of amides is 2. The van der Waals surface area contributed by atoms with Gasteiger partial charge in [-0.05, 0) is 57.2 Å². The van der Waals surface area contributed by atoms with E-state index in [-0.39, 0.29) is 29.7 Å². The van der Waals surface area contributed by atoms with Crippen LogP contribution in [-0.4, -0.2) is 70.9 Å². The fraction of sp³-hybridized carbons (Fsp3) is 0.448. The van der Waals surface area contributed by atoms with Crippen LogP contribution in [0.3, 0.4) is 0 Å². The third kappa shape index (κ3) is 7.65. The summed E-state index contributed by atoms with van der Waals surface area (Å²) in [5, 5.41) is 3.32. The van der Waals surface area contributed by atoms with Crippen LogP contribution in [0.2, 0.25) is 5.02 Å². The summed E-state index contributed by atoms with van der Waals surface area (Å²) in [6.07, 6.45) is 7.20. The largest absolute Gasteiger partial charge is 0.490 e. The molecule has 0 unspecified atom stereocenters. The van der Waals surface area contributed by atoms with Crippen molar-refractivity contribution in [1.29, 1.82) is 0 Å². The number of sulfone groups is 1. The van der Waals surface area contributed by atoms with Crippen LogP contribution in [0.4, 0.5) is 5.95 Å². The third-order valence-electron chi connectivity index (χ3n) is 7.16. The van der Waals surface area contributed by atoms with Crippen LogP contribution in [0, 0.1) is 6.92 Å². The number of carbonyl (C=O) groups is 2. The Morgan fingerprint density at radius 1 is 1.29 bits per heavy atom. The van der Waals surface area contributed by atoms with Crippen molar-refractivity contribution >= 4 is 50.2 Å². The molecule has 1 saturated heterocycles. The number of aryl methyl sites for hydroxylation is 1. The van der Waals surface area contributed by atoms with Crippen LogP contribution in [0.15, 0.2) is 43.1 Å². The Morgan fingerprint density at radius 3 is 2.76 bits per heavy atom. The van der Waals surface area contributed by atoms with E-state index >= 15 is 0 Å². The van der Waals surface area contributed by atoms with E-state index in [0.29, 0.717) is 64.9 Å². The number of nitrogens with zero attached hydrogens (tertiary/aromatic N) is 4. The summed E-state index contributed by atoms with van der Waals surface area (Å²) >= 11 is 6.86. The second-order valence-corrected chi connectivity index (χ2v) is 13.1. The lowest BCUT2D eigenvalue weighted by atomic mass is 10.1. The summed E-state index contributed by atoms with van der Waals surface area (Å²) in [6, 6.07) is 6.55. The minimum Gasteiger partial charge on any atom is -0.490 e. The van der Waals surface area contributed by atoms with Crippen LogP contribution < -0.4 is 10.1 Å². The molecule has 4 rings (SSSR count). The molecule has 2 atom stereocenters. The molecule has 0 saturated carbocycles. The number of aromatic nitrogens is 3. The second-order valence-electron chi connectivity index (χ2n) is 10.4. The van der Waals surface area contributed by atoms with Crippen molar-refractivity contribution in [3.05, 3.63) is 59.4 Å². The average molecular weight is 602 g/mol. The van der Waals surface area contributed by atoms with Gasteiger partial charge < -0.3 is 14.2 Å². The first kappa shape index (κ1) is 30.5. The van der Waals surface area contributed by atoms with Gasteiger partial charge in [0.1, 0.15) is 15.6 Å². The number of likely N-dealkylation sites (tertiary alicyclic amines) is 1. The minimum absolute atomic E-state index is 0.0162. The number of imidazole rings is 1. The van der Waals surface area contributed by atoms with E-state index in [0.717, 1.165) is 19.3 Å². The van der Waals surface area contributed by atoms with Crippen molar-refractivity contribution in [2.24, 2.45) is 0 Å².